The summed E-state index contributed by atoms with van der Waals surface area (Å²) in [5.41, 5.74) is 1.62. The number of carbonyl (C=O) groups is 1. The molecular formula is C13H17FO2. The fourth-order valence-electron chi connectivity index (χ4n) is 1.76. The Morgan fingerprint density at radius 3 is 2.56 bits per heavy atom. The van der Waals surface area contributed by atoms with Crippen molar-refractivity contribution in [1.29, 1.82) is 0 Å². The van der Waals surface area contributed by atoms with Gasteiger partial charge in [0, 0.05) is 6.61 Å². The molecule has 0 aliphatic heterocycles. The van der Waals surface area contributed by atoms with E-state index in [1.807, 2.05) is 6.92 Å². The Bertz CT molecular complexity index is 376. The van der Waals surface area contributed by atoms with E-state index in [1.165, 1.54) is 6.07 Å². The molecule has 0 aliphatic carbocycles. The van der Waals surface area contributed by atoms with Crippen LogP contribution in [0.1, 0.15) is 35.3 Å². The van der Waals surface area contributed by atoms with Crippen LogP contribution in [0.5, 0.6) is 0 Å². The van der Waals surface area contributed by atoms with Crippen molar-refractivity contribution < 1.29 is 13.9 Å². The predicted molar refractivity (Wildman–Crippen MR) is 61.3 cm³/mol. The van der Waals surface area contributed by atoms with Crippen molar-refractivity contribution >= 4 is 5.78 Å². The maximum Gasteiger partial charge on any atom is 0.194 e. The predicted octanol–water partition coefficient (Wildman–Crippen LogP) is 3.05. The number of rotatable bonds is 4. The van der Waals surface area contributed by atoms with Crippen LogP contribution in [0.4, 0.5) is 4.39 Å². The van der Waals surface area contributed by atoms with Gasteiger partial charge in [0.25, 0.3) is 0 Å². The normalized spacial score (nSPS) is 12.6. The van der Waals surface area contributed by atoms with Crippen LogP contribution >= 0.6 is 0 Å². The lowest BCUT2D eigenvalue weighted by molar-refractivity contribution is 0.0516. The molecule has 1 atom stereocenters. The first kappa shape index (κ1) is 12.8. The van der Waals surface area contributed by atoms with Crippen LogP contribution < -0.4 is 0 Å². The van der Waals surface area contributed by atoms with Crippen molar-refractivity contribution in [3.8, 4) is 0 Å². The third kappa shape index (κ3) is 2.67. The Labute approximate surface area is 95.4 Å². The molecule has 1 aromatic carbocycles. The molecule has 2 nitrogen and oxygen atoms in total. The minimum absolute atomic E-state index is 0.145. The van der Waals surface area contributed by atoms with E-state index < -0.39 is 11.9 Å². The van der Waals surface area contributed by atoms with E-state index in [9.17, 15) is 9.18 Å². The molecule has 0 N–H and O–H groups in total. The van der Waals surface area contributed by atoms with Crippen LogP contribution in [0.25, 0.3) is 0 Å². The van der Waals surface area contributed by atoms with Gasteiger partial charge in [0.2, 0.25) is 0 Å². The zero-order valence-electron chi connectivity index (χ0n) is 10.1. The molecule has 1 unspecified atom stereocenters. The van der Waals surface area contributed by atoms with Crippen molar-refractivity contribution in [1.82, 2.24) is 0 Å². The quantitative estimate of drug-likeness (QED) is 0.735. The molecular weight excluding hydrogens is 207 g/mol. The van der Waals surface area contributed by atoms with Gasteiger partial charge in [-0.15, -0.1) is 0 Å². The zero-order valence-corrected chi connectivity index (χ0v) is 10.1. The summed E-state index contributed by atoms with van der Waals surface area (Å²) in [6.45, 7) is 7.43. The SMILES string of the molecule is CCOC(C)C(=O)c1c(C)cc(C)cc1F. The van der Waals surface area contributed by atoms with Gasteiger partial charge >= 0.3 is 0 Å². The Hall–Kier alpha value is -1.22. The van der Waals surface area contributed by atoms with Crippen LogP contribution in [0.3, 0.4) is 0 Å². The van der Waals surface area contributed by atoms with Gasteiger partial charge in [-0.25, -0.2) is 4.39 Å². The summed E-state index contributed by atoms with van der Waals surface area (Å²) in [4.78, 5) is 11.9. The van der Waals surface area contributed by atoms with Gasteiger partial charge in [0.15, 0.2) is 5.78 Å². The van der Waals surface area contributed by atoms with E-state index in [2.05, 4.69) is 0 Å². The summed E-state index contributed by atoms with van der Waals surface area (Å²) in [5, 5.41) is 0. The van der Waals surface area contributed by atoms with Crippen molar-refractivity contribution in [3.63, 3.8) is 0 Å². The largest absolute Gasteiger partial charge is 0.371 e. The van der Waals surface area contributed by atoms with E-state index in [-0.39, 0.29) is 11.3 Å². The minimum atomic E-state index is -0.596. The third-order valence-corrected chi connectivity index (χ3v) is 2.46. The van der Waals surface area contributed by atoms with Crippen molar-refractivity contribution in [3.05, 3.63) is 34.6 Å². The molecule has 16 heavy (non-hydrogen) atoms. The van der Waals surface area contributed by atoms with Crippen molar-refractivity contribution in [2.75, 3.05) is 6.61 Å². The van der Waals surface area contributed by atoms with Crippen LogP contribution in [0.2, 0.25) is 0 Å². The van der Waals surface area contributed by atoms with E-state index in [4.69, 9.17) is 4.74 Å². The molecule has 0 heterocycles. The molecule has 0 saturated carbocycles. The van der Waals surface area contributed by atoms with E-state index >= 15 is 0 Å². The second kappa shape index (κ2) is 5.21. The van der Waals surface area contributed by atoms with E-state index in [0.29, 0.717) is 12.2 Å². The van der Waals surface area contributed by atoms with Crippen molar-refractivity contribution in [2.24, 2.45) is 0 Å². The van der Waals surface area contributed by atoms with Crippen LogP contribution in [-0.4, -0.2) is 18.5 Å². The number of ether oxygens (including phenoxy) is 1. The number of hydrogen-bond acceptors (Lipinski definition) is 2. The standard InChI is InChI=1S/C13H17FO2/c1-5-16-10(4)13(15)12-9(3)6-8(2)7-11(12)14/h6-7,10H,5H2,1-4H3. The first-order chi connectivity index (χ1) is 7.47. The van der Waals surface area contributed by atoms with Gasteiger partial charge in [0.1, 0.15) is 11.9 Å². The molecule has 0 saturated heterocycles. The number of aryl methyl sites for hydroxylation is 2. The molecule has 0 amide bonds. The first-order valence-electron chi connectivity index (χ1n) is 5.40. The molecule has 0 radical (unpaired) electrons. The summed E-state index contributed by atoms with van der Waals surface area (Å²) >= 11 is 0. The van der Waals surface area contributed by atoms with Crippen LogP contribution in [0.15, 0.2) is 12.1 Å². The van der Waals surface area contributed by atoms with Crippen molar-refractivity contribution in [2.45, 2.75) is 33.8 Å². The zero-order chi connectivity index (χ0) is 12.3. The molecule has 1 aromatic rings. The number of halogens is 1. The summed E-state index contributed by atoms with van der Waals surface area (Å²) in [6, 6.07) is 3.17. The highest BCUT2D eigenvalue weighted by Gasteiger charge is 2.21. The Morgan fingerprint density at radius 1 is 1.44 bits per heavy atom. The summed E-state index contributed by atoms with van der Waals surface area (Å²) in [6.07, 6.45) is -0.596. The Morgan fingerprint density at radius 2 is 2.06 bits per heavy atom. The highest BCUT2D eigenvalue weighted by atomic mass is 19.1. The second-order valence-corrected chi connectivity index (χ2v) is 3.90. The maximum atomic E-state index is 13.7. The van der Waals surface area contributed by atoms with Gasteiger partial charge in [-0.1, -0.05) is 6.07 Å². The number of benzene rings is 1. The van der Waals surface area contributed by atoms with Gasteiger partial charge in [0.05, 0.1) is 5.56 Å². The molecule has 1 rings (SSSR count). The number of Topliss-reactive ketones (excluding diaryl/α,β-unsaturated/α-hetero) is 1. The molecule has 88 valence electrons. The van der Waals surface area contributed by atoms with E-state index in [1.54, 1.807) is 26.8 Å². The maximum absolute atomic E-state index is 13.7. The number of carbonyl (C=O) groups excluding carboxylic acids is 1. The lowest BCUT2D eigenvalue weighted by Crippen LogP contribution is -2.23. The fourth-order valence-corrected chi connectivity index (χ4v) is 1.76. The smallest absolute Gasteiger partial charge is 0.194 e. The average molecular weight is 224 g/mol. The molecule has 0 bridgehead atoms. The average Bonchev–Trinajstić information content (AvgIpc) is 2.16. The van der Waals surface area contributed by atoms with Crippen LogP contribution in [0, 0.1) is 19.7 Å². The third-order valence-electron chi connectivity index (χ3n) is 2.46. The second-order valence-electron chi connectivity index (χ2n) is 3.90. The highest BCUT2D eigenvalue weighted by Crippen LogP contribution is 2.18. The lowest BCUT2D eigenvalue weighted by atomic mass is 9.99. The van der Waals surface area contributed by atoms with Gasteiger partial charge in [-0.3, -0.25) is 4.79 Å². The fraction of sp³-hybridized carbons (Fsp3) is 0.462. The number of ketones is 1. The summed E-state index contributed by atoms with van der Waals surface area (Å²) in [5.74, 6) is -0.758. The Balaban J connectivity index is 3.08. The summed E-state index contributed by atoms with van der Waals surface area (Å²) in [7, 11) is 0. The highest BCUT2D eigenvalue weighted by molar-refractivity contribution is 6.00. The number of hydrogen-bond donors (Lipinski definition) is 0. The minimum Gasteiger partial charge on any atom is -0.371 e. The molecule has 0 spiro atoms. The first-order valence-corrected chi connectivity index (χ1v) is 5.40. The topological polar surface area (TPSA) is 26.3 Å². The lowest BCUT2D eigenvalue weighted by Gasteiger charge is -2.13. The van der Waals surface area contributed by atoms with Gasteiger partial charge in [-0.2, -0.15) is 0 Å². The molecule has 3 heteroatoms. The Kier molecular flexibility index (Phi) is 4.19. The van der Waals surface area contributed by atoms with Gasteiger partial charge in [-0.05, 0) is 44.9 Å². The molecule has 0 aliphatic rings. The summed E-state index contributed by atoms with van der Waals surface area (Å²) < 4.78 is 18.9. The van der Waals surface area contributed by atoms with Gasteiger partial charge < -0.3 is 4.74 Å². The van der Waals surface area contributed by atoms with Crippen LogP contribution in [-0.2, 0) is 4.74 Å². The van der Waals surface area contributed by atoms with E-state index in [0.717, 1.165) is 5.56 Å². The molecule has 0 aromatic heterocycles. The monoisotopic (exact) mass is 224 g/mol. The molecule has 0 fully saturated rings.